The van der Waals surface area contributed by atoms with Crippen molar-refractivity contribution in [2.45, 2.75) is 57.3 Å². The number of anilines is 1. The van der Waals surface area contributed by atoms with Crippen LogP contribution in [0.4, 0.5) is 15.0 Å². The molecule has 0 atom stereocenters. The molecular weight excluding hydrogens is 641 g/mol. The topological polar surface area (TPSA) is 151 Å². The van der Waals surface area contributed by atoms with Gasteiger partial charge in [-0.2, -0.15) is 10.4 Å². The van der Waals surface area contributed by atoms with Crippen LogP contribution in [0.1, 0.15) is 56.6 Å². The molecule has 6 rings (SSSR count). The SMILES string of the molecule is CC1(NC(=O)c2ncccc2Cl)CCN(c2cnc(-c3cc(OCC4(F)CN(C(=O)OC(C)(C)C)C4)cn4ncc(C#N)c34)cn2)CC1. The van der Waals surface area contributed by atoms with Crippen LogP contribution in [0.25, 0.3) is 16.8 Å². The van der Waals surface area contributed by atoms with Crippen LogP contribution in [0.15, 0.2) is 49.2 Å². The number of nitrogens with one attached hydrogen (secondary N) is 1. The number of piperidine rings is 1. The maximum atomic E-state index is 15.4. The van der Waals surface area contributed by atoms with Gasteiger partial charge in [0.25, 0.3) is 5.91 Å². The second-order valence-electron chi connectivity index (χ2n) is 13.4. The molecule has 2 fully saturated rings. The number of pyridine rings is 2. The van der Waals surface area contributed by atoms with E-state index in [9.17, 15) is 14.9 Å². The number of hydrogen-bond acceptors (Lipinski definition) is 10. The smallest absolute Gasteiger partial charge is 0.410 e. The summed E-state index contributed by atoms with van der Waals surface area (Å²) in [5.41, 5.74) is -0.806. The quantitative estimate of drug-likeness (QED) is 0.288. The predicted octanol–water partition coefficient (Wildman–Crippen LogP) is 4.84. The van der Waals surface area contributed by atoms with E-state index >= 15 is 4.39 Å². The highest BCUT2D eigenvalue weighted by Gasteiger charge is 2.48. The third kappa shape index (κ3) is 6.96. The molecular formula is C33H35ClFN9O4. The summed E-state index contributed by atoms with van der Waals surface area (Å²) in [6.07, 6.45) is 8.58. The first-order valence-corrected chi connectivity index (χ1v) is 15.8. The molecule has 2 aliphatic rings. The van der Waals surface area contributed by atoms with Crippen molar-refractivity contribution >= 4 is 34.9 Å². The number of likely N-dealkylation sites (tertiary alicyclic amines) is 1. The van der Waals surface area contributed by atoms with Gasteiger partial charge in [0.15, 0.2) is 5.67 Å². The fourth-order valence-electron chi connectivity index (χ4n) is 5.71. The van der Waals surface area contributed by atoms with Gasteiger partial charge < -0.3 is 24.6 Å². The van der Waals surface area contributed by atoms with Gasteiger partial charge in [-0.1, -0.05) is 11.6 Å². The van der Waals surface area contributed by atoms with E-state index in [1.165, 1.54) is 21.8 Å². The van der Waals surface area contributed by atoms with Gasteiger partial charge in [-0.15, -0.1) is 0 Å². The van der Waals surface area contributed by atoms with Crippen molar-refractivity contribution in [2.75, 3.05) is 37.7 Å². The molecule has 0 spiro atoms. The number of aromatic nitrogens is 5. The predicted molar refractivity (Wildman–Crippen MR) is 175 cm³/mol. The fourth-order valence-corrected chi connectivity index (χ4v) is 5.92. The maximum Gasteiger partial charge on any atom is 0.410 e. The van der Waals surface area contributed by atoms with Crippen LogP contribution in [0.5, 0.6) is 5.75 Å². The molecule has 250 valence electrons. The van der Waals surface area contributed by atoms with Crippen molar-refractivity contribution in [3.05, 3.63) is 65.5 Å². The second kappa shape index (κ2) is 12.5. The largest absolute Gasteiger partial charge is 0.488 e. The van der Waals surface area contributed by atoms with E-state index in [0.717, 1.165) is 0 Å². The lowest BCUT2D eigenvalue weighted by molar-refractivity contribution is -0.0686. The number of carbonyl (C=O) groups excluding carboxylic acids is 2. The molecule has 0 unspecified atom stereocenters. The minimum Gasteiger partial charge on any atom is -0.488 e. The molecule has 4 aromatic rings. The molecule has 2 amide bonds. The number of alkyl halides is 1. The van der Waals surface area contributed by atoms with Crippen LogP contribution in [0.2, 0.25) is 5.02 Å². The number of fused-ring (bicyclic) bond motifs is 1. The van der Waals surface area contributed by atoms with Crippen LogP contribution < -0.4 is 15.0 Å². The van der Waals surface area contributed by atoms with Gasteiger partial charge in [0.05, 0.1) is 59.7 Å². The zero-order valence-corrected chi connectivity index (χ0v) is 27.8. The Morgan fingerprint density at radius 2 is 1.90 bits per heavy atom. The normalized spacial score (nSPS) is 16.9. The molecule has 2 saturated heterocycles. The molecule has 0 radical (unpaired) electrons. The van der Waals surface area contributed by atoms with Crippen LogP contribution in [-0.2, 0) is 4.74 Å². The second-order valence-corrected chi connectivity index (χ2v) is 13.8. The molecule has 4 aromatic heterocycles. The third-order valence-corrected chi connectivity index (χ3v) is 8.60. The summed E-state index contributed by atoms with van der Waals surface area (Å²) in [7, 11) is 0. The van der Waals surface area contributed by atoms with Crippen LogP contribution in [0.3, 0.4) is 0 Å². The van der Waals surface area contributed by atoms with Crippen LogP contribution in [-0.4, -0.2) is 91.1 Å². The lowest BCUT2D eigenvalue weighted by atomic mass is 9.89. The number of amides is 2. The summed E-state index contributed by atoms with van der Waals surface area (Å²) < 4.78 is 28.0. The fraction of sp³-hybridized carbons (Fsp3) is 0.424. The first-order chi connectivity index (χ1) is 22.7. The van der Waals surface area contributed by atoms with Crippen molar-refractivity contribution in [3.8, 4) is 23.1 Å². The third-order valence-electron chi connectivity index (χ3n) is 8.30. The zero-order valence-electron chi connectivity index (χ0n) is 27.0. The lowest BCUT2D eigenvalue weighted by Crippen LogP contribution is -2.64. The Balaban J connectivity index is 1.13. The number of halogens is 2. The van der Waals surface area contributed by atoms with Gasteiger partial charge in [0.1, 0.15) is 35.5 Å². The van der Waals surface area contributed by atoms with Gasteiger partial charge in [-0.25, -0.2) is 23.7 Å². The molecule has 0 aromatic carbocycles. The van der Waals surface area contributed by atoms with Crippen molar-refractivity contribution in [1.82, 2.24) is 34.8 Å². The number of nitriles is 1. The molecule has 0 saturated carbocycles. The average Bonchev–Trinajstić information content (AvgIpc) is 3.45. The summed E-state index contributed by atoms with van der Waals surface area (Å²) >= 11 is 6.16. The van der Waals surface area contributed by atoms with Crippen molar-refractivity contribution < 1.29 is 23.5 Å². The molecule has 48 heavy (non-hydrogen) atoms. The van der Waals surface area contributed by atoms with E-state index in [2.05, 4.69) is 36.3 Å². The van der Waals surface area contributed by atoms with E-state index in [4.69, 9.17) is 21.1 Å². The number of ether oxygens (including phenoxy) is 2. The molecule has 15 heteroatoms. The number of hydrogen-bond donors (Lipinski definition) is 1. The van der Waals surface area contributed by atoms with Gasteiger partial charge in [-0.3, -0.25) is 9.78 Å². The average molecular weight is 676 g/mol. The summed E-state index contributed by atoms with van der Waals surface area (Å²) in [5, 5.41) is 17.4. The maximum absolute atomic E-state index is 15.4. The Hall–Kier alpha value is -5.03. The number of nitrogens with zero attached hydrogens (tertiary/aromatic N) is 8. The van der Waals surface area contributed by atoms with Crippen molar-refractivity contribution in [1.29, 1.82) is 5.26 Å². The Morgan fingerprint density at radius 3 is 2.54 bits per heavy atom. The molecule has 0 bridgehead atoms. The van der Waals surface area contributed by atoms with E-state index in [1.54, 1.807) is 57.6 Å². The minimum atomic E-state index is -1.74. The van der Waals surface area contributed by atoms with E-state index < -0.39 is 22.9 Å². The summed E-state index contributed by atoms with van der Waals surface area (Å²) in [6, 6.07) is 7.14. The van der Waals surface area contributed by atoms with Gasteiger partial charge in [0, 0.05) is 30.4 Å². The van der Waals surface area contributed by atoms with E-state index in [0.29, 0.717) is 64.9 Å². The van der Waals surface area contributed by atoms with Crippen molar-refractivity contribution in [2.24, 2.45) is 0 Å². The Bertz CT molecular complexity index is 1890. The van der Waals surface area contributed by atoms with Crippen LogP contribution >= 0.6 is 11.6 Å². The molecule has 0 aliphatic carbocycles. The Labute approximate surface area is 281 Å². The highest BCUT2D eigenvalue weighted by molar-refractivity contribution is 6.33. The Kier molecular flexibility index (Phi) is 8.59. The lowest BCUT2D eigenvalue weighted by Gasteiger charge is -2.43. The monoisotopic (exact) mass is 675 g/mol. The number of rotatable bonds is 7. The minimum absolute atomic E-state index is 0.148. The summed E-state index contributed by atoms with van der Waals surface area (Å²) in [6.45, 7) is 7.93. The van der Waals surface area contributed by atoms with Gasteiger partial charge >= 0.3 is 6.09 Å². The Morgan fingerprint density at radius 1 is 1.15 bits per heavy atom. The first-order valence-electron chi connectivity index (χ1n) is 15.5. The number of carbonyl (C=O) groups is 2. The highest BCUT2D eigenvalue weighted by Crippen LogP contribution is 2.33. The summed E-state index contributed by atoms with van der Waals surface area (Å²) in [4.78, 5) is 41.9. The zero-order chi connectivity index (χ0) is 34.3. The van der Waals surface area contributed by atoms with Gasteiger partial charge in [0.2, 0.25) is 0 Å². The van der Waals surface area contributed by atoms with Gasteiger partial charge in [-0.05, 0) is 58.7 Å². The summed E-state index contributed by atoms with van der Waals surface area (Å²) in [5.74, 6) is 0.663. The van der Waals surface area contributed by atoms with Crippen LogP contribution in [0, 0.1) is 11.3 Å². The molecule has 1 N–H and O–H groups in total. The molecule has 13 nitrogen and oxygen atoms in total. The highest BCUT2D eigenvalue weighted by atomic mass is 35.5. The first kappa shape index (κ1) is 32.9. The standard InChI is InChI=1S/C33H35ClFN9O4/c1-31(2,3)48-30(46)43-18-33(35,19-43)20-47-22-12-23(28-21(13-36)14-40-44(28)17-22)25-15-39-26(16-38-25)42-10-7-32(4,8-11-42)41-29(45)27-24(34)6-5-9-37-27/h5-6,9,12,14-17H,7-8,10-11,18-20H2,1-4H3,(H,41,45). The van der Waals surface area contributed by atoms with E-state index in [-0.39, 0.29) is 31.3 Å². The molecule has 6 heterocycles. The van der Waals surface area contributed by atoms with E-state index in [1.807, 2.05) is 6.92 Å². The molecule has 2 aliphatic heterocycles. The van der Waals surface area contributed by atoms with Crippen molar-refractivity contribution in [3.63, 3.8) is 0 Å².